The largest absolute Gasteiger partial charge is 0.492 e. The minimum Gasteiger partial charge on any atom is -0.492 e. The minimum atomic E-state index is 0.720. The maximum Gasteiger partial charge on any atom is 0.137 e. The molecule has 0 bridgehead atoms. The fourth-order valence-electron chi connectivity index (χ4n) is 2.41. The van der Waals surface area contributed by atoms with Crippen molar-refractivity contribution in [2.45, 2.75) is 52.4 Å². The quantitative estimate of drug-likeness (QED) is 0.480. The third-order valence-electron chi connectivity index (χ3n) is 3.82. The van der Waals surface area contributed by atoms with Crippen molar-refractivity contribution in [2.24, 2.45) is 0 Å². The highest BCUT2D eigenvalue weighted by molar-refractivity contribution is 5.41. The van der Waals surface area contributed by atoms with Crippen molar-refractivity contribution in [3.63, 3.8) is 0 Å². The summed E-state index contributed by atoms with van der Waals surface area (Å²) in [6.45, 7) is 5.05. The number of unbranched alkanes of at least 4 members (excludes halogenated alkanes) is 3. The van der Waals surface area contributed by atoms with Gasteiger partial charge in [-0.25, -0.2) is 4.98 Å². The summed E-state index contributed by atoms with van der Waals surface area (Å²) in [6, 6.07) is 12.4. The number of hydrogen-bond donors (Lipinski definition) is 0. The van der Waals surface area contributed by atoms with Crippen LogP contribution in [0, 0.1) is 11.8 Å². The summed E-state index contributed by atoms with van der Waals surface area (Å²) in [6.07, 6.45) is 9.10. The van der Waals surface area contributed by atoms with Gasteiger partial charge >= 0.3 is 0 Å². The van der Waals surface area contributed by atoms with Gasteiger partial charge in [0.25, 0.3) is 0 Å². The highest BCUT2D eigenvalue weighted by atomic mass is 16.5. The van der Waals surface area contributed by atoms with E-state index in [0.29, 0.717) is 0 Å². The lowest BCUT2D eigenvalue weighted by Gasteiger charge is -2.02. The van der Waals surface area contributed by atoms with Gasteiger partial charge in [-0.2, -0.15) is 0 Å². The molecule has 0 amide bonds. The van der Waals surface area contributed by atoms with Gasteiger partial charge in [0.15, 0.2) is 0 Å². The fourth-order valence-corrected chi connectivity index (χ4v) is 2.41. The van der Waals surface area contributed by atoms with Crippen molar-refractivity contribution in [1.82, 2.24) is 4.98 Å². The van der Waals surface area contributed by atoms with Crippen molar-refractivity contribution in [1.29, 1.82) is 0 Å². The van der Waals surface area contributed by atoms with Gasteiger partial charge in [-0.15, -0.1) is 0 Å². The molecule has 0 aliphatic heterocycles. The van der Waals surface area contributed by atoms with Crippen LogP contribution in [0.2, 0.25) is 0 Å². The van der Waals surface area contributed by atoms with E-state index in [-0.39, 0.29) is 0 Å². The summed E-state index contributed by atoms with van der Waals surface area (Å²) in [5.41, 5.74) is 3.19. The zero-order valence-corrected chi connectivity index (χ0v) is 14.8. The lowest BCUT2D eigenvalue weighted by Crippen LogP contribution is -1.95. The van der Waals surface area contributed by atoms with E-state index < -0.39 is 0 Å². The van der Waals surface area contributed by atoms with Crippen LogP contribution in [0.25, 0.3) is 0 Å². The third kappa shape index (κ3) is 6.46. The van der Waals surface area contributed by atoms with Crippen molar-refractivity contribution in [3.05, 3.63) is 59.4 Å². The first-order valence-corrected chi connectivity index (χ1v) is 9.01. The van der Waals surface area contributed by atoms with Crippen LogP contribution < -0.4 is 4.74 Å². The highest BCUT2D eigenvalue weighted by Gasteiger charge is 1.96. The Hall–Kier alpha value is -2.27. The second kappa shape index (κ2) is 10.5. The van der Waals surface area contributed by atoms with Crippen molar-refractivity contribution in [2.75, 3.05) is 6.61 Å². The summed E-state index contributed by atoms with van der Waals surface area (Å²) in [5.74, 6) is 7.08. The number of nitrogens with zero attached hydrogens (tertiary/aromatic N) is 1. The normalized spacial score (nSPS) is 10.1. The molecule has 0 saturated carbocycles. The number of rotatable bonds is 8. The Morgan fingerprint density at radius 1 is 0.875 bits per heavy atom. The van der Waals surface area contributed by atoms with E-state index in [1.807, 2.05) is 12.1 Å². The lowest BCUT2D eigenvalue weighted by molar-refractivity contribution is 0.316. The molecule has 2 aromatic rings. The van der Waals surface area contributed by atoms with E-state index in [0.717, 1.165) is 36.5 Å². The van der Waals surface area contributed by atoms with E-state index >= 15 is 0 Å². The SMILES string of the molecule is CCCCCCc1ccc(C#Cc2ccc(OCCC)cn2)cc1. The van der Waals surface area contributed by atoms with E-state index in [1.54, 1.807) is 6.20 Å². The molecule has 0 N–H and O–H groups in total. The molecule has 126 valence electrons. The molecule has 0 saturated heterocycles. The van der Waals surface area contributed by atoms with Crippen LogP contribution in [0.15, 0.2) is 42.6 Å². The zero-order chi connectivity index (χ0) is 17.0. The first-order valence-electron chi connectivity index (χ1n) is 9.01. The molecule has 0 spiro atoms. The number of pyridine rings is 1. The second-order valence-corrected chi connectivity index (χ2v) is 5.99. The number of benzene rings is 1. The molecule has 1 aromatic carbocycles. The maximum absolute atomic E-state index is 5.52. The second-order valence-electron chi connectivity index (χ2n) is 5.99. The predicted molar refractivity (Wildman–Crippen MR) is 100 cm³/mol. The first kappa shape index (κ1) is 18.1. The third-order valence-corrected chi connectivity index (χ3v) is 3.82. The van der Waals surface area contributed by atoms with Gasteiger partial charge in [0.05, 0.1) is 12.8 Å². The van der Waals surface area contributed by atoms with Crippen molar-refractivity contribution in [3.8, 4) is 17.6 Å². The molecule has 0 radical (unpaired) electrons. The van der Waals surface area contributed by atoms with Crippen molar-refractivity contribution < 1.29 is 4.74 Å². The Morgan fingerprint density at radius 2 is 1.71 bits per heavy atom. The van der Waals surface area contributed by atoms with Gasteiger partial charge in [-0.05, 0) is 55.0 Å². The number of hydrogen-bond acceptors (Lipinski definition) is 2. The van der Waals surface area contributed by atoms with Gasteiger partial charge in [0.1, 0.15) is 11.4 Å². The average molecular weight is 321 g/mol. The molecule has 0 aliphatic carbocycles. The summed E-state index contributed by atoms with van der Waals surface area (Å²) < 4.78 is 5.52. The van der Waals surface area contributed by atoms with Crippen LogP contribution in [-0.4, -0.2) is 11.6 Å². The Kier molecular flexibility index (Phi) is 7.90. The Balaban J connectivity index is 1.88. The number of aromatic nitrogens is 1. The smallest absolute Gasteiger partial charge is 0.137 e. The van der Waals surface area contributed by atoms with Crippen LogP contribution in [0.4, 0.5) is 0 Å². The van der Waals surface area contributed by atoms with E-state index in [4.69, 9.17) is 4.74 Å². The maximum atomic E-state index is 5.52. The molecule has 0 aliphatic rings. The standard InChI is InChI=1S/C22H27NO/c1-3-5-6-7-8-19-9-11-20(12-10-19)13-14-21-15-16-22(18-23-21)24-17-4-2/h9-12,15-16,18H,3-8,17H2,1-2H3. The summed E-state index contributed by atoms with van der Waals surface area (Å²) in [7, 11) is 0. The van der Waals surface area contributed by atoms with Gasteiger partial charge < -0.3 is 4.74 Å². The van der Waals surface area contributed by atoms with Gasteiger partial charge in [0, 0.05) is 5.56 Å². The molecule has 0 fully saturated rings. The zero-order valence-electron chi connectivity index (χ0n) is 14.8. The molecule has 24 heavy (non-hydrogen) atoms. The molecular weight excluding hydrogens is 294 g/mol. The minimum absolute atomic E-state index is 0.720. The van der Waals surface area contributed by atoms with Crippen LogP contribution in [0.1, 0.15) is 62.8 Å². The van der Waals surface area contributed by atoms with Crippen molar-refractivity contribution >= 4 is 0 Å². The molecule has 2 heteroatoms. The number of ether oxygens (including phenoxy) is 1. The summed E-state index contributed by atoms with van der Waals surface area (Å²) >= 11 is 0. The molecule has 2 nitrogen and oxygen atoms in total. The predicted octanol–water partition coefficient (Wildman–Crippen LogP) is 5.39. The molecule has 0 unspecified atom stereocenters. The van der Waals surface area contributed by atoms with Crippen LogP contribution in [-0.2, 0) is 6.42 Å². The monoisotopic (exact) mass is 321 g/mol. The molecule has 2 rings (SSSR count). The van der Waals surface area contributed by atoms with E-state index in [2.05, 4.69) is 54.9 Å². The van der Waals surface area contributed by atoms with E-state index in [1.165, 1.54) is 31.2 Å². The van der Waals surface area contributed by atoms with Crippen LogP contribution >= 0.6 is 0 Å². The Bertz CT molecular complexity index is 647. The van der Waals surface area contributed by atoms with Gasteiger partial charge in [0.2, 0.25) is 0 Å². The van der Waals surface area contributed by atoms with Gasteiger partial charge in [-0.3, -0.25) is 0 Å². The molecule has 1 aromatic heterocycles. The molecule has 1 heterocycles. The lowest BCUT2D eigenvalue weighted by atomic mass is 10.0. The fraction of sp³-hybridized carbons (Fsp3) is 0.409. The Morgan fingerprint density at radius 3 is 2.38 bits per heavy atom. The first-order chi connectivity index (χ1) is 11.8. The molecule has 0 atom stereocenters. The van der Waals surface area contributed by atoms with Crippen LogP contribution in [0.5, 0.6) is 5.75 Å². The highest BCUT2D eigenvalue weighted by Crippen LogP contribution is 2.11. The number of aryl methyl sites for hydroxylation is 1. The van der Waals surface area contributed by atoms with E-state index in [9.17, 15) is 0 Å². The summed E-state index contributed by atoms with van der Waals surface area (Å²) in [5, 5.41) is 0. The Labute approximate surface area is 146 Å². The van der Waals surface area contributed by atoms with Gasteiger partial charge in [-0.1, -0.05) is 51.2 Å². The van der Waals surface area contributed by atoms with Crippen LogP contribution in [0.3, 0.4) is 0 Å². The summed E-state index contributed by atoms with van der Waals surface area (Å²) in [4.78, 5) is 4.32. The topological polar surface area (TPSA) is 22.1 Å². The average Bonchev–Trinajstić information content (AvgIpc) is 2.64. The molecular formula is C22H27NO.